The van der Waals surface area contributed by atoms with E-state index in [1.54, 1.807) is 7.11 Å². The van der Waals surface area contributed by atoms with Gasteiger partial charge in [0.2, 0.25) is 0 Å². The van der Waals surface area contributed by atoms with Crippen LogP contribution in [0.2, 0.25) is 0 Å². The number of aromatic nitrogens is 1. The van der Waals surface area contributed by atoms with Crippen molar-refractivity contribution in [2.24, 2.45) is 5.92 Å². The van der Waals surface area contributed by atoms with E-state index in [4.69, 9.17) is 16.3 Å². The van der Waals surface area contributed by atoms with Crippen LogP contribution >= 0.6 is 11.6 Å². The average Bonchev–Trinajstić information content (AvgIpc) is 2.39. The van der Waals surface area contributed by atoms with Crippen LogP contribution in [0.3, 0.4) is 0 Å². The van der Waals surface area contributed by atoms with E-state index in [0.29, 0.717) is 5.92 Å². The lowest BCUT2D eigenvalue weighted by molar-refractivity contribution is 0.0496. The van der Waals surface area contributed by atoms with E-state index in [-0.39, 0.29) is 17.8 Å². The summed E-state index contributed by atoms with van der Waals surface area (Å²) in [6.07, 6.45) is 2.47. The first-order valence-corrected chi connectivity index (χ1v) is 6.67. The maximum absolute atomic E-state index is 13.1. The number of rotatable bonds is 3. The summed E-state index contributed by atoms with van der Waals surface area (Å²) < 4.78 is 18.6. The number of hydrogen-bond donors (Lipinski definition) is 0. The van der Waals surface area contributed by atoms with Crippen molar-refractivity contribution < 1.29 is 9.13 Å². The summed E-state index contributed by atoms with van der Waals surface area (Å²) in [7, 11) is 1.73. The maximum Gasteiger partial charge on any atom is 0.141 e. The molecule has 0 N–H and O–H groups in total. The first-order chi connectivity index (χ1) is 8.65. The molecule has 1 saturated heterocycles. The second kappa shape index (κ2) is 5.85. The fourth-order valence-corrected chi connectivity index (χ4v) is 2.59. The molecule has 0 aromatic carbocycles. The number of halogens is 2. The monoisotopic (exact) mass is 272 g/mol. The average molecular weight is 273 g/mol. The van der Waals surface area contributed by atoms with Gasteiger partial charge in [-0.1, -0.05) is 6.92 Å². The summed E-state index contributed by atoms with van der Waals surface area (Å²) in [5, 5.41) is 0. The SMILES string of the molecule is COC1CN(c2ncc(F)cc2CCl)CCC1C. The third kappa shape index (κ3) is 2.75. The second-order valence-electron chi connectivity index (χ2n) is 4.76. The van der Waals surface area contributed by atoms with E-state index < -0.39 is 0 Å². The number of pyridine rings is 1. The first kappa shape index (κ1) is 13.6. The summed E-state index contributed by atoms with van der Waals surface area (Å²) in [6.45, 7) is 3.87. The van der Waals surface area contributed by atoms with Crippen LogP contribution < -0.4 is 4.90 Å². The highest BCUT2D eigenvalue weighted by molar-refractivity contribution is 6.17. The molecule has 0 bridgehead atoms. The van der Waals surface area contributed by atoms with Crippen molar-refractivity contribution in [2.45, 2.75) is 25.3 Å². The Morgan fingerprint density at radius 2 is 2.39 bits per heavy atom. The highest BCUT2D eigenvalue weighted by Crippen LogP contribution is 2.27. The number of piperidine rings is 1. The van der Waals surface area contributed by atoms with Crippen LogP contribution in [0.15, 0.2) is 12.3 Å². The Morgan fingerprint density at radius 1 is 1.61 bits per heavy atom. The van der Waals surface area contributed by atoms with E-state index in [9.17, 15) is 4.39 Å². The van der Waals surface area contributed by atoms with Gasteiger partial charge < -0.3 is 9.64 Å². The molecule has 2 heterocycles. The maximum atomic E-state index is 13.1. The van der Waals surface area contributed by atoms with Gasteiger partial charge >= 0.3 is 0 Å². The van der Waals surface area contributed by atoms with Gasteiger partial charge in [0, 0.05) is 25.8 Å². The molecule has 2 atom stereocenters. The molecule has 5 heteroatoms. The molecule has 1 aromatic heterocycles. The second-order valence-corrected chi connectivity index (χ2v) is 5.02. The predicted molar refractivity (Wildman–Crippen MR) is 70.5 cm³/mol. The van der Waals surface area contributed by atoms with Crippen LogP contribution in [0.5, 0.6) is 0 Å². The fraction of sp³-hybridized carbons (Fsp3) is 0.615. The van der Waals surface area contributed by atoms with Gasteiger partial charge in [0.15, 0.2) is 0 Å². The number of hydrogen-bond acceptors (Lipinski definition) is 3. The highest BCUT2D eigenvalue weighted by atomic mass is 35.5. The lowest BCUT2D eigenvalue weighted by Gasteiger charge is -2.37. The minimum absolute atomic E-state index is 0.189. The molecule has 0 radical (unpaired) electrons. The Labute approximate surface area is 112 Å². The molecular weight excluding hydrogens is 255 g/mol. The Bertz CT molecular complexity index is 416. The van der Waals surface area contributed by atoms with Crippen LogP contribution in [0, 0.1) is 11.7 Å². The van der Waals surface area contributed by atoms with Gasteiger partial charge in [0.05, 0.1) is 18.2 Å². The molecule has 100 valence electrons. The largest absolute Gasteiger partial charge is 0.379 e. The summed E-state index contributed by atoms with van der Waals surface area (Å²) in [6, 6.07) is 1.45. The van der Waals surface area contributed by atoms with Crippen molar-refractivity contribution in [3.05, 3.63) is 23.6 Å². The van der Waals surface area contributed by atoms with Crippen LogP contribution in [-0.4, -0.2) is 31.3 Å². The predicted octanol–water partition coefficient (Wildman–Crippen LogP) is 2.82. The van der Waals surface area contributed by atoms with E-state index in [1.165, 1.54) is 12.3 Å². The Morgan fingerprint density at radius 3 is 3.06 bits per heavy atom. The number of methoxy groups -OCH3 is 1. The molecule has 18 heavy (non-hydrogen) atoms. The number of nitrogens with zero attached hydrogens (tertiary/aromatic N) is 2. The number of ether oxygens (including phenoxy) is 1. The third-order valence-electron chi connectivity index (χ3n) is 3.55. The van der Waals surface area contributed by atoms with Crippen LogP contribution in [0.4, 0.5) is 10.2 Å². The van der Waals surface area contributed by atoms with Crippen LogP contribution in [-0.2, 0) is 10.6 Å². The van der Waals surface area contributed by atoms with Crippen molar-refractivity contribution in [2.75, 3.05) is 25.1 Å². The number of anilines is 1. The van der Waals surface area contributed by atoms with E-state index >= 15 is 0 Å². The zero-order valence-corrected chi connectivity index (χ0v) is 11.5. The summed E-state index contributed by atoms with van der Waals surface area (Å²) in [4.78, 5) is 6.31. The summed E-state index contributed by atoms with van der Waals surface area (Å²) >= 11 is 5.86. The lowest BCUT2D eigenvalue weighted by Crippen LogP contribution is -2.44. The third-order valence-corrected chi connectivity index (χ3v) is 3.83. The highest BCUT2D eigenvalue weighted by Gasteiger charge is 2.27. The zero-order chi connectivity index (χ0) is 13.1. The quantitative estimate of drug-likeness (QED) is 0.791. The van der Waals surface area contributed by atoms with Crippen molar-refractivity contribution >= 4 is 17.4 Å². The Kier molecular flexibility index (Phi) is 4.40. The van der Waals surface area contributed by atoms with E-state index in [2.05, 4.69) is 16.8 Å². The van der Waals surface area contributed by atoms with Crippen molar-refractivity contribution in [1.29, 1.82) is 0 Å². The molecule has 3 nitrogen and oxygen atoms in total. The zero-order valence-electron chi connectivity index (χ0n) is 10.7. The Balaban J connectivity index is 2.21. The minimum atomic E-state index is -0.344. The lowest BCUT2D eigenvalue weighted by atomic mass is 9.95. The molecule has 0 amide bonds. The van der Waals surface area contributed by atoms with E-state index in [1.807, 2.05) is 0 Å². The van der Waals surface area contributed by atoms with Crippen molar-refractivity contribution in [3.8, 4) is 0 Å². The Hall–Kier alpha value is -0.870. The number of alkyl halides is 1. The smallest absolute Gasteiger partial charge is 0.141 e. The molecule has 1 aliphatic heterocycles. The van der Waals surface area contributed by atoms with Gasteiger partial charge in [-0.3, -0.25) is 0 Å². The van der Waals surface area contributed by atoms with Gasteiger partial charge in [-0.15, -0.1) is 11.6 Å². The van der Waals surface area contributed by atoms with Gasteiger partial charge in [-0.05, 0) is 18.4 Å². The molecule has 2 rings (SSSR count). The molecule has 0 spiro atoms. The van der Waals surface area contributed by atoms with Crippen molar-refractivity contribution in [1.82, 2.24) is 4.98 Å². The van der Waals surface area contributed by atoms with Crippen molar-refractivity contribution in [3.63, 3.8) is 0 Å². The van der Waals surface area contributed by atoms with Crippen LogP contribution in [0.1, 0.15) is 18.9 Å². The molecule has 1 fully saturated rings. The first-order valence-electron chi connectivity index (χ1n) is 6.13. The molecular formula is C13H18ClFN2O. The standard InChI is InChI=1S/C13H18ClFN2O/c1-9-3-4-17(8-12(9)18-2)13-10(6-14)5-11(15)7-16-13/h5,7,9,12H,3-4,6,8H2,1-2H3. The van der Waals surface area contributed by atoms with E-state index in [0.717, 1.165) is 30.9 Å². The normalized spacial score (nSPS) is 24.3. The molecule has 1 aliphatic rings. The minimum Gasteiger partial charge on any atom is -0.379 e. The summed E-state index contributed by atoms with van der Waals surface area (Å²) in [5.74, 6) is 1.23. The molecule has 1 aromatic rings. The van der Waals surface area contributed by atoms with Gasteiger partial charge in [0.1, 0.15) is 11.6 Å². The summed E-state index contributed by atoms with van der Waals surface area (Å²) in [5.41, 5.74) is 0.737. The van der Waals surface area contributed by atoms with Gasteiger partial charge in [-0.2, -0.15) is 0 Å². The molecule has 0 saturated carbocycles. The molecule has 2 unspecified atom stereocenters. The van der Waals surface area contributed by atoms with Gasteiger partial charge in [-0.25, -0.2) is 9.37 Å². The molecule has 0 aliphatic carbocycles. The van der Waals surface area contributed by atoms with Gasteiger partial charge in [0.25, 0.3) is 0 Å². The fourth-order valence-electron chi connectivity index (χ4n) is 2.39. The van der Waals surface area contributed by atoms with Crippen LogP contribution in [0.25, 0.3) is 0 Å². The topological polar surface area (TPSA) is 25.4 Å².